The van der Waals surface area contributed by atoms with Crippen molar-refractivity contribution in [2.75, 3.05) is 13.1 Å². The van der Waals surface area contributed by atoms with Gasteiger partial charge in [-0.3, -0.25) is 4.68 Å². The Hall–Kier alpha value is -3.09. The van der Waals surface area contributed by atoms with Crippen LogP contribution in [-0.2, 0) is 13.1 Å². The van der Waals surface area contributed by atoms with Crippen LogP contribution in [0.5, 0.6) is 0 Å². The van der Waals surface area contributed by atoms with Gasteiger partial charge in [0.1, 0.15) is 0 Å². The van der Waals surface area contributed by atoms with Crippen molar-refractivity contribution in [3.8, 4) is 5.69 Å². The van der Waals surface area contributed by atoms with E-state index in [0.717, 1.165) is 49.0 Å². The Balaban J connectivity index is 1.51. The standard InChI is InChI=1S/C21H29N7/c1-4-22-21(23-11-8-12-27-18(3)13-17(2)26-27)24-14-19-15-25-28(16-19)20-9-6-5-7-10-20/h5-7,9-10,13,15-16H,4,8,11-12,14H2,1-3H3,(H2,22,23,24). The molecule has 1 aromatic carbocycles. The van der Waals surface area contributed by atoms with Gasteiger partial charge in [-0.1, -0.05) is 18.2 Å². The molecule has 0 saturated heterocycles. The molecule has 7 heteroatoms. The van der Waals surface area contributed by atoms with Crippen LogP contribution in [0.3, 0.4) is 0 Å². The summed E-state index contributed by atoms with van der Waals surface area (Å²) in [7, 11) is 0. The molecule has 0 aliphatic heterocycles. The number of aryl methyl sites for hydroxylation is 3. The van der Waals surface area contributed by atoms with E-state index in [2.05, 4.69) is 50.4 Å². The second kappa shape index (κ2) is 9.73. The van der Waals surface area contributed by atoms with Crippen LogP contribution in [0, 0.1) is 13.8 Å². The minimum atomic E-state index is 0.583. The fourth-order valence-electron chi connectivity index (χ4n) is 3.01. The van der Waals surface area contributed by atoms with Gasteiger partial charge in [0.05, 0.1) is 24.1 Å². The number of guanidine groups is 1. The van der Waals surface area contributed by atoms with E-state index in [0.29, 0.717) is 6.54 Å². The van der Waals surface area contributed by atoms with Gasteiger partial charge in [-0.15, -0.1) is 0 Å². The van der Waals surface area contributed by atoms with Crippen LogP contribution < -0.4 is 10.6 Å². The summed E-state index contributed by atoms with van der Waals surface area (Å²) in [5.74, 6) is 0.823. The molecule has 28 heavy (non-hydrogen) atoms. The maximum absolute atomic E-state index is 4.68. The quantitative estimate of drug-likeness (QED) is 0.359. The highest BCUT2D eigenvalue weighted by atomic mass is 15.3. The highest BCUT2D eigenvalue weighted by Crippen LogP contribution is 2.08. The lowest BCUT2D eigenvalue weighted by Gasteiger charge is -2.11. The Labute approximate surface area is 166 Å². The number of rotatable bonds is 8. The third-order valence-electron chi connectivity index (χ3n) is 4.36. The van der Waals surface area contributed by atoms with Gasteiger partial charge in [-0.2, -0.15) is 10.2 Å². The second-order valence-electron chi connectivity index (χ2n) is 6.75. The minimum Gasteiger partial charge on any atom is -0.357 e. The predicted molar refractivity (Wildman–Crippen MR) is 113 cm³/mol. The maximum atomic E-state index is 4.68. The van der Waals surface area contributed by atoms with Crippen LogP contribution in [0.2, 0.25) is 0 Å². The molecule has 0 saturated carbocycles. The molecule has 148 valence electrons. The number of para-hydroxylation sites is 1. The zero-order chi connectivity index (χ0) is 19.8. The van der Waals surface area contributed by atoms with E-state index in [1.54, 1.807) is 0 Å². The molecule has 0 atom stereocenters. The van der Waals surface area contributed by atoms with Crippen molar-refractivity contribution in [3.05, 3.63) is 65.7 Å². The highest BCUT2D eigenvalue weighted by Gasteiger charge is 2.03. The monoisotopic (exact) mass is 379 g/mol. The summed E-state index contributed by atoms with van der Waals surface area (Å²) in [6.45, 7) is 9.34. The van der Waals surface area contributed by atoms with Crippen LogP contribution in [0.1, 0.15) is 30.3 Å². The molecule has 0 aliphatic rings. The SMILES string of the molecule is CCNC(=NCc1cnn(-c2ccccc2)c1)NCCCn1nc(C)cc1C. The number of aromatic nitrogens is 4. The van der Waals surface area contributed by atoms with E-state index in [9.17, 15) is 0 Å². The lowest BCUT2D eigenvalue weighted by atomic mass is 10.3. The first-order chi connectivity index (χ1) is 13.7. The first kappa shape index (κ1) is 19.7. The number of hydrogen-bond donors (Lipinski definition) is 2. The van der Waals surface area contributed by atoms with E-state index in [1.165, 1.54) is 5.69 Å². The van der Waals surface area contributed by atoms with E-state index in [-0.39, 0.29) is 0 Å². The summed E-state index contributed by atoms with van der Waals surface area (Å²) in [4.78, 5) is 4.68. The molecule has 0 spiro atoms. The summed E-state index contributed by atoms with van der Waals surface area (Å²) in [6, 6.07) is 12.2. The topological polar surface area (TPSA) is 72.1 Å². The van der Waals surface area contributed by atoms with Gasteiger partial charge in [0.2, 0.25) is 0 Å². The van der Waals surface area contributed by atoms with Crippen LogP contribution >= 0.6 is 0 Å². The third kappa shape index (κ3) is 5.45. The number of hydrogen-bond acceptors (Lipinski definition) is 3. The molecule has 0 amide bonds. The Bertz CT molecular complexity index is 893. The van der Waals surface area contributed by atoms with E-state index >= 15 is 0 Å². The maximum Gasteiger partial charge on any atom is 0.191 e. The van der Waals surface area contributed by atoms with Crippen LogP contribution in [0.25, 0.3) is 5.69 Å². The molecule has 2 heterocycles. The van der Waals surface area contributed by atoms with Gasteiger partial charge in [0.25, 0.3) is 0 Å². The summed E-state index contributed by atoms with van der Waals surface area (Å²) in [5.41, 5.74) is 4.39. The summed E-state index contributed by atoms with van der Waals surface area (Å²) in [6.07, 6.45) is 4.87. The van der Waals surface area contributed by atoms with Gasteiger partial charge in [0, 0.05) is 37.1 Å². The molecule has 2 aromatic heterocycles. The lowest BCUT2D eigenvalue weighted by Crippen LogP contribution is -2.38. The van der Waals surface area contributed by atoms with Crippen molar-refractivity contribution in [2.45, 2.75) is 40.3 Å². The Morgan fingerprint density at radius 1 is 1.14 bits per heavy atom. The predicted octanol–water partition coefficient (Wildman–Crippen LogP) is 2.83. The van der Waals surface area contributed by atoms with Gasteiger partial charge < -0.3 is 10.6 Å². The van der Waals surface area contributed by atoms with Gasteiger partial charge in [0.15, 0.2) is 5.96 Å². The van der Waals surface area contributed by atoms with Crippen LogP contribution in [0.15, 0.2) is 53.8 Å². The highest BCUT2D eigenvalue weighted by molar-refractivity contribution is 5.79. The van der Waals surface area contributed by atoms with Crippen molar-refractivity contribution in [1.29, 1.82) is 0 Å². The van der Waals surface area contributed by atoms with Crippen molar-refractivity contribution < 1.29 is 0 Å². The van der Waals surface area contributed by atoms with Gasteiger partial charge in [-0.05, 0) is 45.4 Å². The second-order valence-corrected chi connectivity index (χ2v) is 6.75. The fraction of sp³-hybridized carbons (Fsp3) is 0.381. The van der Waals surface area contributed by atoms with E-state index < -0.39 is 0 Å². The number of nitrogens with zero attached hydrogens (tertiary/aromatic N) is 5. The number of benzene rings is 1. The molecule has 0 fully saturated rings. The molecule has 0 aliphatic carbocycles. The van der Waals surface area contributed by atoms with Crippen LogP contribution in [0.4, 0.5) is 0 Å². The normalized spacial score (nSPS) is 11.6. The third-order valence-corrected chi connectivity index (χ3v) is 4.36. The zero-order valence-electron chi connectivity index (χ0n) is 16.9. The molecule has 7 nitrogen and oxygen atoms in total. The molecule has 0 unspecified atom stereocenters. The molecule has 2 N–H and O–H groups in total. The molecule has 3 aromatic rings. The molecule has 3 rings (SSSR count). The zero-order valence-corrected chi connectivity index (χ0v) is 16.9. The summed E-state index contributed by atoms with van der Waals surface area (Å²) >= 11 is 0. The first-order valence-electron chi connectivity index (χ1n) is 9.78. The fourth-order valence-corrected chi connectivity index (χ4v) is 3.01. The summed E-state index contributed by atoms with van der Waals surface area (Å²) in [5, 5.41) is 15.6. The Morgan fingerprint density at radius 2 is 1.96 bits per heavy atom. The molecule has 0 radical (unpaired) electrons. The number of nitrogens with one attached hydrogen (secondary N) is 2. The van der Waals surface area contributed by atoms with Crippen molar-refractivity contribution >= 4 is 5.96 Å². The average molecular weight is 380 g/mol. The van der Waals surface area contributed by atoms with Crippen molar-refractivity contribution in [2.24, 2.45) is 4.99 Å². The minimum absolute atomic E-state index is 0.583. The van der Waals surface area contributed by atoms with E-state index in [4.69, 9.17) is 0 Å². The molecular formula is C21H29N7. The molecular weight excluding hydrogens is 350 g/mol. The first-order valence-corrected chi connectivity index (χ1v) is 9.78. The average Bonchev–Trinajstić information content (AvgIpc) is 3.30. The van der Waals surface area contributed by atoms with E-state index in [1.807, 2.05) is 54.3 Å². The van der Waals surface area contributed by atoms with Crippen molar-refractivity contribution in [3.63, 3.8) is 0 Å². The van der Waals surface area contributed by atoms with Gasteiger partial charge >= 0.3 is 0 Å². The lowest BCUT2D eigenvalue weighted by molar-refractivity contribution is 0.555. The van der Waals surface area contributed by atoms with Gasteiger partial charge in [-0.25, -0.2) is 9.67 Å². The smallest absolute Gasteiger partial charge is 0.191 e. The largest absolute Gasteiger partial charge is 0.357 e. The summed E-state index contributed by atoms with van der Waals surface area (Å²) < 4.78 is 3.93. The van der Waals surface area contributed by atoms with Crippen LogP contribution in [-0.4, -0.2) is 38.6 Å². The Morgan fingerprint density at radius 3 is 2.68 bits per heavy atom. The molecule has 0 bridgehead atoms. The van der Waals surface area contributed by atoms with Crippen molar-refractivity contribution in [1.82, 2.24) is 30.2 Å². The number of aliphatic imine (C=N–C) groups is 1. The Kier molecular flexibility index (Phi) is 6.84.